The average Bonchev–Trinajstić information content (AvgIpc) is 3.24. The van der Waals surface area contributed by atoms with Crippen LogP contribution in [0.5, 0.6) is 0 Å². The van der Waals surface area contributed by atoms with Gasteiger partial charge >= 0.3 is 0 Å². The Hall–Kier alpha value is -1.33. The van der Waals surface area contributed by atoms with Gasteiger partial charge in [-0.15, -0.1) is 0 Å². The van der Waals surface area contributed by atoms with Gasteiger partial charge in [0.15, 0.2) is 0 Å². The minimum absolute atomic E-state index is 0.0813. The highest BCUT2D eigenvalue weighted by Crippen LogP contribution is 2.44. The molecular weight excluding hydrogens is 302 g/mol. The van der Waals surface area contributed by atoms with Crippen LogP contribution in [0, 0.1) is 12.3 Å². The van der Waals surface area contributed by atoms with Gasteiger partial charge in [-0.3, -0.25) is 9.48 Å². The summed E-state index contributed by atoms with van der Waals surface area (Å²) in [6.45, 7) is 5.45. The van der Waals surface area contributed by atoms with E-state index in [9.17, 15) is 9.90 Å². The minimum atomic E-state index is -0.170. The van der Waals surface area contributed by atoms with Gasteiger partial charge < -0.3 is 10.4 Å². The molecule has 0 saturated heterocycles. The molecular formula is C16H24ClN3O2. The molecule has 0 aromatic carbocycles. The number of aliphatic hydroxyl groups is 1. The molecule has 122 valence electrons. The maximum absolute atomic E-state index is 11.9. The van der Waals surface area contributed by atoms with Crippen molar-refractivity contribution in [3.05, 3.63) is 22.5 Å². The summed E-state index contributed by atoms with van der Waals surface area (Å²) in [5.74, 6) is -0.170. The van der Waals surface area contributed by atoms with Gasteiger partial charge in [0.25, 0.3) is 0 Å². The van der Waals surface area contributed by atoms with E-state index in [2.05, 4.69) is 17.3 Å². The van der Waals surface area contributed by atoms with Crippen molar-refractivity contribution in [2.24, 2.45) is 5.41 Å². The van der Waals surface area contributed by atoms with Crippen molar-refractivity contribution in [3.8, 4) is 0 Å². The van der Waals surface area contributed by atoms with Crippen LogP contribution in [-0.4, -0.2) is 33.9 Å². The molecule has 0 spiro atoms. The predicted octanol–water partition coefficient (Wildman–Crippen LogP) is 2.55. The molecule has 1 amide bonds. The summed E-state index contributed by atoms with van der Waals surface area (Å²) in [5.41, 5.74) is 1.53. The predicted molar refractivity (Wildman–Crippen MR) is 87.7 cm³/mol. The van der Waals surface area contributed by atoms with E-state index in [0.29, 0.717) is 11.7 Å². The first-order valence-corrected chi connectivity index (χ1v) is 8.19. The number of aliphatic hydroxyl groups excluding tert-OH is 1. The van der Waals surface area contributed by atoms with E-state index < -0.39 is 0 Å². The standard InChI is InChI=1S/C16H24ClN3O2/c1-3-4-9-20-15(17)13(12(2)19-20)5-6-14(22)18-10-16(11-21)7-8-16/h5-6,21H,3-4,7-11H2,1-2H3,(H,18,22)/b6-5+. The zero-order valence-corrected chi connectivity index (χ0v) is 14.0. The first-order valence-electron chi connectivity index (χ1n) is 7.81. The highest BCUT2D eigenvalue weighted by Gasteiger charge is 2.41. The third kappa shape index (κ3) is 4.11. The number of unbranched alkanes of at least 4 members (excludes halogenated alkanes) is 1. The third-order valence-corrected chi connectivity index (χ3v) is 4.56. The summed E-state index contributed by atoms with van der Waals surface area (Å²) in [5, 5.41) is 17.0. The monoisotopic (exact) mass is 325 g/mol. The Bertz CT molecular complexity index is 562. The van der Waals surface area contributed by atoms with Crippen LogP contribution in [0.2, 0.25) is 5.15 Å². The molecule has 1 aromatic rings. The Morgan fingerprint density at radius 2 is 2.27 bits per heavy atom. The lowest BCUT2D eigenvalue weighted by Gasteiger charge is -2.11. The van der Waals surface area contributed by atoms with Gasteiger partial charge in [-0.1, -0.05) is 24.9 Å². The second-order valence-electron chi connectivity index (χ2n) is 6.08. The van der Waals surface area contributed by atoms with Crippen molar-refractivity contribution in [2.75, 3.05) is 13.2 Å². The molecule has 5 nitrogen and oxygen atoms in total. The van der Waals surface area contributed by atoms with Crippen molar-refractivity contribution in [1.29, 1.82) is 0 Å². The molecule has 1 aliphatic rings. The van der Waals surface area contributed by atoms with E-state index in [1.165, 1.54) is 6.08 Å². The molecule has 0 aliphatic heterocycles. The highest BCUT2D eigenvalue weighted by atomic mass is 35.5. The van der Waals surface area contributed by atoms with Crippen LogP contribution in [0.15, 0.2) is 6.08 Å². The molecule has 0 bridgehead atoms. The summed E-state index contributed by atoms with van der Waals surface area (Å²) >= 11 is 6.32. The van der Waals surface area contributed by atoms with Gasteiger partial charge in [0.1, 0.15) is 5.15 Å². The zero-order chi connectivity index (χ0) is 16.2. The molecule has 0 radical (unpaired) electrons. The number of nitrogens with zero attached hydrogens (tertiary/aromatic N) is 2. The number of nitrogens with one attached hydrogen (secondary N) is 1. The lowest BCUT2D eigenvalue weighted by atomic mass is 10.1. The summed E-state index contributed by atoms with van der Waals surface area (Å²) in [6, 6.07) is 0. The number of hydrogen-bond donors (Lipinski definition) is 2. The second-order valence-corrected chi connectivity index (χ2v) is 6.43. The van der Waals surface area contributed by atoms with Gasteiger partial charge in [-0.2, -0.15) is 5.10 Å². The fourth-order valence-electron chi connectivity index (χ4n) is 2.27. The quantitative estimate of drug-likeness (QED) is 0.722. The molecule has 2 rings (SSSR count). The maximum Gasteiger partial charge on any atom is 0.244 e. The average molecular weight is 326 g/mol. The lowest BCUT2D eigenvalue weighted by molar-refractivity contribution is -0.116. The van der Waals surface area contributed by atoms with Crippen LogP contribution in [0.1, 0.15) is 43.9 Å². The van der Waals surface area contributed by atoms with Crippen LogP contribution in [0.4, 0.5) is 0 Å². The molecule has 1 aliphatic carbocycles. The van der Waals surface area contributed by atoms with Gasteiger partial charge in [-0.05, 0) is 32.3 Å². The van der Waals surface area contributed by atoms with Gasteiger partial charge in [0.05, 0.1) is 12.3 Å². The number of aryl methyl sites for hydroxylation is 2. The van der Waals surface area contributed by atoms with E-state index >= 15 is 0 Å². The number of hydrogen-bond acceptors (Lipinski definition) is 3. The van der Waals surface area contributed by atoms with Crippen molar-refractivity contribution in [3.63, 3.8) is 0 Å². The van der Waals surface area contributed by atoms with Crippen LogP contribution >= 0.6 is 11.6 Å². The zero-order valence-electron chi connectivity index (χ0n) is 13.2. The summed E-state index contributed by atoms with van der Waals surface area (Å²) in [4.78, 5) is 11.9. The van der Waals surface area contributed by atoms with Gasteiger partial charge in [0, 0.05) is 30.1 Å². The van der Waals surface area contributed by atoms with E-state index in [0.717, 1.165) is 43.5 Å². The molecule has 1 aromatic heterocycles. The topological polar surface area (TPSA) is 67.2 Å². The van der Waals surface area contributed by atoms with Crippen LogP contribution in [-0.2, 0) is 11.3 Å². The number of carbonyl (C=O) groups excluding carboxylic acids is 1. The third-order valence-electron chi connectivity index (χ3n) is 4.16. The van der Waals surface area contributed by atoms with Crippen molar-refractivity contribution >= 4 is 23.6 Å². The molecule has 1 heterocycles. The van der Waals surface area contributed by atoms with Crippen LogP contribution < -0.4 is 5.32 Å². The fourth-order valence-corrected chi connectivity index (χ4v) is 2.59. The molecule has 0 unspecified atom stereocenters. The number of carbonyl (C=O) groups is 1. The first-order chi connectivity index (χ1) is 10.5. The Kier molecular flexibility index (Phi) is 5.64. The SMILES string of the molecule is CCCCn1nc(C)c(/C=C/C(=O)NCC2(CO)CC2)c1Cl. The molecule has 2 N–H and O–H groups in total. The summed E-state index contributed by atoms with van der Waals surface area (Å²) in [6.07, 6.45) is 7.24. The van der Waals surface area contributed by atoms with Gasteiger partial charge in [-0.25, -0.2) is 0 Å². The second kappa shape index (κ2) is 7.29. The molecule has 0 atom stereocenters. The Labute approximate surface area is 136 Å². The molecule has 1 fully saturated rings. The van der Waals surface area contributed by atoms with E-state index in [4.69, 9.17) is 11.6 Å². The van der Waals surface area contributed by atoms with E-state index in [1.54, 1.807) is 10.8 Å². The van der Waals surface area contributed by atoms with E-state index in [1.807, 2.05) is 6.92 Å². The fraction of sp³-hybridized carbons (Fsp3) is 0.625. The Morgan fingerprint density at radius 1 is 1.55 bits per heavy atom. The largest absolute Gasteiger partial charge is 0.396 e. The van der Waals surface area contributed by atoms with Crippen LogP contribution in [0.25, 0.3) is 6.08 Å². The van der Waals surface area contributed by atoms with Crippen molar-refractivity contribution in [1.82, 2.24) is 15.1 Å². The number of amides is 1. The highest BCUT2D eigenvalue weighted by molar-refractivity contribution is 6.31. The van der Waals surface area contributed by atoms with Crippen molar-refractivity contribution < 1.29 is 9.90 Å². The Morgan fingerprint density at radius 3 is 2.86 bits per heavy atom. The summed E-state index contributed by atoms with van der Waals surface area (Å²) in [7, 11) is 0. The normalized spacial score (nSPS) is 16.2. The summed E-state index contributed by atoms with van der Waals surface area (Å²) < 4.78 is 1.78. The Balaban J connectivity index is 1.94. The smallest absolute Gasteiger partial charge is 0.244 e. The number of rotatable bonds is 8. The first kappa shape index (κ1) is 17.0. The van der Waals surface area contributed by atoms with Crippen LogP contribution in [0.3, 0.4) is 0 Å². The number of aromatic nitrogens is 2. The minimum Gasteiger partial charge on any atom is -0.396 e. The molecule has 6 heteroatoms. The molecule has 22 heavy (non-hydrogen) atoms. The molecule has 1 saturated carbocycles. The van der Waals surface area contributed by atoms with Crippen molar-refractivity contribution in [2.45, 2.75) is 46.1 Å². The van der Waals surface area contributed by atoms with E-state index in [-0.39, 0.29) is 17.9 Å². The lowest BCUT2D eigenvalue weighted by Crippen LogP contribution is -2.30. The number of halogens is 1. The maximum atomic E-state index is 11.9. The van der Waals surface area contributed by atoms with Gasteiger partial charge in [0.2, 0.25) is 5.91 Å².